The maximum absolute atomic E-state index is 12.7. The molecule has 6 unspecified atom stereocenters. The van der Waals surface area contributed by atoms with E-state index >= 15 is 0 Å². The summed E-state index contributed by atoms with van der Waals surface area (Å²) < 4.78 is 5.38. The molecule has 38 heavy (non-hydrogen) atoms. The fourth-order valence-electron chi connectivity index (χ4n) is 5.52. The fraction of sp³-hybridized carbons (Fsp3) is 0.840. The molecule has 1 saturated heterocycles. The quantitative estimate of drug-likeness (QED) is 0.196. The molecular weight excluding hydrogens is 537 g/mol. The van der Waals surface area contributed by atoms with E-state index in [4.69, 9.17) is 27.9 Å². The van der Waals surface area contributed by atoms with Crippen LogP contribution >= 0.6 is 23.2 Å². The van der Waals surface area contributed by atoms with E-state index in [0.29, 0.717) is 19.3 Å². The molecule has 7 atom stereocenters. The number of halogens is 2. The Morgan fingerprint density at radius 3 is 2.32 bits per heavy atom. The summed E-state index contributed by atoms with van der Waals surface area (Å²) in [6.45, 7) is 0.204. The van der Waals surface area contributed by atoms with Crippen molar-refractivity contribution in [3.05, 3.63) is 0 Å². The highest BCUT2D eigenvalue weighted by Crippen LogP contribution is 2.32. The summed E-state index contributed by atoms with van der Waals surface area (Å²) >= 11 is 12.5. The van der Waals surface area contributed by atoms with Crippen LogP contribution in [0.1, 0.15) is 57.8 Å². The minimum Gasteiger partial charge on any atom is -0.480 e. The highest BCUT2D eigenvalue weighted by atomic mass is 35.5. The number of carboxylic acids is 1. The van der Waals surface area contributed by atoms with Gasteiger partial charge in [0, 0.05) is 42.9 Å². The van der Waals surface area contributed by atoms with Gasteiger partial charge in [0.05, 0.1) is 24.7 Å². The number of ether oxygens (including phenoxy) is 1. The first kappa shape index (κ1) is 30.9. The van der Waals surface area contributed by atoms with Crippen molar-refractivity contribution in [2.24, 2.45) is 11.8 Å². The van der Waals surface area contributed by atoms with Gasteiger partial charge < -0.3 is 25.8 Å². The summed E-state index contributed by atoms with van der Waals surface area (Å²) in [7, 11) is 1.72. The molecule has 0 aromatic rings. The van der Waals surface area contributed by atoms with E-state index in [-0.39, 0.29) is 43.2 Å². The van der Waals surface area contributed by atoms with Crippen molar-refractivity contribution >= 4 is 46.9 Å². The number of rotatable bonds is 11. The first-order valence-electron chi connectivity index (χ1n) is 13.6. The standard InChI is InChI=1S/C25H41Cl2N5O6/c1-38-16-8-9-20(28-11-16)31-15-5-2-4-14(10-15)23(34)30-13-21(33)29-12-19(25(36)37)32-24(35)22-17(26)6-3-7-18(22)27/h14-20,22,28,31H,2-13H2,1H3,(H,29,33)(H,30,34)(H,32,35)(H,36,37)/t14?,15?,16?,17?,18?,19-,20?,22?/m0/s1. The lowest BCUT2D eigenvalue weighted by Crippen LogP contribution is -2.54. The highest BCUT2D eigenvalue weighted by Gasteiger charge is 2.38. The molecule has 1 heterocycles. The molecule has 216 valence electrons. The second kappa shape index (κ2) is 15.2. The van der Waals surface area contributed by atoms with Crippen LogP contribution in [0.4, 0.5) is 0 Å². The van der Waals surface area contributed by atoms with Crippen molar-refractivity contribution in [1.82, 2.24) is 26.6 Å². The van der Waals surface area contributed by atoms with Crippen LogP contribution in [0.3, 0.4) is 0 Å². The van der Waals surface area contributed by atoms with E-state index in [2.05, 4.69) is 26.6 Å². The van der Waals surface area contributed by atoms with Gasteiger partial charge in [0.2, 0.25) is 17.7 Å². The van der Waals surface area contributed by atoms with Crippen molar-refractivity contribution < 1.29 is 29.0 Å². The van der Waals surface area contributed by atoms with Gasteiger partial charge in [-0.05, 0) is 44.9 Å². The second-order valence-electron chi connectivity index (χ2n) is 10.5. The third kappa shape index (κ3) is 9.22. The molecule has 3 aliphatic rings. The molecule has 6 N–H and O–H groups in total. The van der Waals surface area contributed by atoms with Gasteiger partial charge in [0.15, 0.2) is 0 Å². The number of alkyl halides is 2. The molecule has 0 spiro atoms. The Morgan fingerprint density at radius 2 is 1.68 bits per heavy atom. The molecule has 13 heteroatoms. The van der Waals surface area contributed by atoms with Crippen LogP contribution in [-0.2, 0) is 23.9 Å². The van der Waals surface area contributed by atoms with Crippen LogP contribution in [0.2, 0.25) is 0 Å². The zero-order chi connectivity index (χ0) is 27.7. The van der Waals surface area contributed by atoms with Crippen molar-refractivity contribution in [1.29, 1.82) is 0 Å². The second-order valence-corrected chi connectivity index (χ2v) is 11.7. The molecule has 0 aromatic carbocycles. The topological polar surface area (TPSA) is 158 Å². The molecule has 2 aliphatic carbocycles. The number of aliphatic carboxylic acids is 1. The fourth-order valence-corrected chi connectivity index (χ4v) is 6.48. The number of piperidine rings is 1. The first-order chi connectivity index (χ1) is 18.2. The Bertz CT molecular complexity index is 818. The van der Waals surface area contributed by atoms with Gasteiger partial charge in [-0.25, -0.2) is 4.79 Å². The van der Waals surface area contributed by atoms with E-state index < -0.39 is 40.5 Å². The molecule has 0 bridgehead atoms. The Hall–Kier alpha value is -1.66. The number of carbonyl (C=O) groups excluding carboxylic acids is 3. The van der Waals surface area contributed by atoms with Gasteiger partial charge in [-0.1, -0.05) is 12.8 Å². The lowest BCUT2D eigenvalue weighted by Gasteiger charge is -2.35. The smallest absolute Gasteiger partial charge is 0.328 e. The Balaban J connectivity index is 1.38. The van der Waals surface area contributed by atoms with Crippen molar-refractivity contribution in [2.45, 2.75) is 92.9 Å². The van der Waals surface area contributed by atoms with Gasteiger partial charge in [-0.3, -0.25) is 25.0 Å². The number of carbonyl (C=O) groups is 4. The molecule has 2 saturated carbocycles. The van der Waals surface area contributed by atoms with Gasteiger partial charge in [-0.15, -0.1) is 23.2 Å². The van der Waals surface area contributed by atoms with E-state index in [1.165, 1.54) is 0 Å². The van der Waals surface area contributed by atoms with Crippen LogP contribution in [0, 0.1) is 11.8 Å². The normalized spacial score (nSPS) is 32.6. The number of carboxylic acid groups (broad SMARTS) is 1. The number of hydrogen-bond donors (Lipinski definition) is 6. The predicted octanol–water partition coefficient (Wildman–Crippen LogP) is 0.676. The summed E-state index contributed by atoms with van der Waals surface area (Å²) in [6.07, 6.45) is 7.80. The van der Waals surface area contributed by atoms with E-state index in [1.54, 1.807) is 7.11 Å². The number of nitrogens with one attached hydrogen (secondary N) is 5. The Morgan fingerprint density at radius 1 is 0.974 bits per heavy atom. The predicted molar refractivity (Wildman–Crippen MR) is 143 cm³/mol. The average Bonchev–Trinajstić information content (AvgIpc) is 2.90. The molecule has 0 radical (unpaired) electrons. The van der Waals surface area contributed by atoms with E-state index in [1.807, 2.05) is 0 Å². The highest BCUT2D eigenvalue weighted by molar-refractivity contribution is 6.26. The molecule has 1 aliphatic heterocycles. The summed E-state index contributed by atoms with van der Waals surface area (Å²) in [6, 6.07) is -1.12. The summed E-state index contributed by atoms with van der Waals surface area (Å²) in [4.78, 5) is 49.3. The first-order valence-corrected chi connectivity index (χ1v) is 14.4. The van der Waals surface area contributed by atoms with Crippen molar-refractivity contribution in [3.63, 3.8) is 0 Å². The van der Waals surface area contributed by atoms with Crippen LogP contribution in [0.15, 0.2) is 0 Å². The van der Waals surface area contributed by atoms with Gasteiger partial charge >= 0.3 is 5.97 Å². The molecular formula is C25H41Cl2N5O6. The third-order valence-electron chi connectivity index (χ3n) is 7.77. The van der Waals surface area contributed by atoms with E-state index in [0.717, 1.165) is 45.1 Å². The molecule has 3 fully saturated rings. The number of hydrogen-bond acceptors (Lipinski definition) is 7. The van der Waals surface area contributed by atoms with Crippen LogP contribution in [0.5, 0.6) is 0 Å². The third-order valence-corrected chi connectivity index (χ3v) is 8.75. The summed E-state index contributed by atoms with van der Waals surface area (Å²) in [5, 5.41) is 23.2. The van der Waals surface area contributed by atoms with E-state index in [9.17, 15) is 24.3 Å². The van der Waals surface area contributed by atoms with Crippen molar-refractivity contribution in [2.75, 3.05) is 26.7 Å². The van der Waals surface area contributed by atoms with Gasteiger partial charge in [0.1, 0.15) is 6.04 Å². The molecule has 3 rings (SSSR count). The lowest BCUT2D eigenvalue weighted by atomic mass is 9.84. The van der Waals surface area contributed by atoms with Crippen LogP contribution in [0.25, 0.3) is 0 Å². The molecule has 3 amide bonds. The Kier molecular flexibility index (Phi) is 12.4. The number of amides is 3. The molecule has 11 nitrogen and oxygen atoms in total. The monoisotopic (exact) mass is 577 g/mol. The average molecular weight is 579 g/mol. The largest absolute Gasteiger partial charge is 0.480 e. The number of methoxy groups -OCH3 is 1. The maximum Gasteiger partial charge on any atom is 0.328 e. The lowest BCUT2D eigenvalue weighted by molar-refractivity contribution is -0.142. The minimum atomic E-state index is -1.34. The van der Waals surface area contributed by atoms with Gasteiger partial charge in [-0.2, -0.15) is 0 Å². The molecule has 0 aromatic heterocycles. The minimum absolute atomic E-state index is 0.190. The van der Waals surface area contributed by atoms with Crippen LogP contribution < -0.4 is 26.6 Å². The summed E-state index contributed by atoms with van der Waals surface area (Å²) in [5.41, 5.74) is 0. The van der Waals surface area contributed by atoms with Gasteiger partial charge in [0.25, 0.3) is 0 Å². The summed E-state index contributed by atoms with van der Waals surface area (Å²) in [5.74, 6) is -3.45. The van der Waals surface area contributed by atoms with Crippen molar-refractivity contribution in [3.8, 4) is 0 Å². The maximum atomic E-state index is 12.7. The zero-order valence-electron chi connectivity index (χ0n) is 21.8. The Labute approximate surface area is 233 Å². The SMILES string of the molecule is COC1CCC(NC2CCCC(C(=O)NCC(=O)NC[C@H](NC(=O)C3C(Cl)CCCC3Cl)C(=O)O)C2)NC1. The van der Waals surface area contributed by atoms with Crippen LogP contribution in [-0.4, -0.2) is 90.6 Å². The zero-order valence-corrected chi connectivity index (χ0v) is 23.4.